The molecule has 1 saturated carbocycles. The van der Waals surface area contributed by atoms with Gasteiger partial charge in [-0.05, 0) is 6.42 Å². The molecule has 110 valence electrons. The Kier molecular flexibility index (Phi) is 5.17. The minimum absolute atomic E-state index is 0.0191. The molecule has 0 aromatic heterocycles. The molecule has 6 nitrogen and oxygen atoms in total. The first-order valence-electron chi connectivity index (χ1n) is 6.53. The Hall–Kier alpha value is -1.30. The first kappa shape index (κ1) is 15.8. The second-order valence-corrected chi connectivity index (χ2v) is 5.69. The number of hydrogen-bond donors (Lipinski definition) is 2. The van der Waals surface area contributed by atoms with Gasteiger partial charge in [0.1, 0.15) is 0 Å². The Morgan fingerprint density at radius 1 is 1.47 bits per heavy atom. The zero-order chi connectivity index (χ0) is 14.6. The predicted molar refractivity (Wildman–Crippen MR) is 76.2 cm³/mol. The van der Waals surface area contributed by atoms with E-state index in [-0.39, 0.29) is 24.0 Å². The lowest BCUT2D eigenvalue weighted by Gasteiger charge is -2.51. The molecule has 0 spiro atoms. The Morgan fingerprint density at radius 3 is 2.53 bits per heavy atom. The van der Waals surface area contributed by atoms with Crippen LogP contribution in [0, 0.1) is 5.41 Å². The third-order valence-corrected chi connectivity index (χ3v) is 3.90. The summed E-state index contributed by atoms with van der Waals surface area (Å²) in [6.45, 7) is 4.58. The van der Waals surface area contributed by atoms with E-state index in [0.29, 0.717) is 12.0 Å². The highest BCUT2D eigenvalue weighted by Crippen LogP contribution is 2.42. The number of rotatable bonds is 4. The predicted octanol–water partition coefficient (Wildman–Crippen LogP) is 0.0531. The van der Waals surface area contributed by atoms with E-state index in [0.717, 1.165) is 6.42 Å². The van der Waals surface area contributed by atoms with Gasteiger partial charge in [-0.1, -0.05) is 13.8 Å². The lowest BCUT2D eigenvalue weighted by Crippen LogP contribution is -2.63. The van der Waals surface area contributed by atoms with Crippen LogP contribution in [-0.4, -0.2) is 63.7 Å². The number of carbonyl (C=O) groups is 1. The van der Waals surface area contributed by atoms with Crippen LogP contribution in [0.5, 0.6) is 0 Å². The fourth-order valence-corrected chi connectivity index (χ4v) is 2.21. The average Bonchev–Trinajstić information content (AvgIpc) is 2.36. The molecule has 2 unspecified atom stereocenters. The molecule has 0 bridgehead atoms. The van der Waals surface area contributed by atoms with Gasteiger partial charge in [0.15, 0.2) is 5.96 Å². The molecule has 6 heteroatoms. The number of aliphatic imine (C=N–C) groups is 1. The van der Waals surface area contributed by atoms with Gasteiger partial charge in [0.2, 0.25) is 5.91 Å². The van der Waals surface area contributed by atoms with Crippen molar-refractivity contribution < 1.29 is 9.53 Å². The Balaban J connectivity index is 2.45. The van der Waals surface area contributed by atoms with Crippen molar-refractivity contribution in [2.24, 2.45) is 10.4 Å². The maximum absolute atomic E-state index is 11.5. The number of nitrogens with zero attached hydrogens (tertiary/aromatic N) is 2. The van der Waals surface area contributed by atoms with Crippen molar-refractivity contribution in [1.29, 1.82) is 0 Å². The number of guanidine groups is 1. The molecule has 1 amide bonds. The van der Waals surface area contributed by atoms with Crippen molar-refractivity contribution >= 4 is 11.9 Å². The molecule has 1 aliphatic rings. The molecule has 0 radical (unpaired) electrons. The van der Waals surface area contributed by atoms with Crippen molar-refractivity contribution in [2.75, 3.05) is 34.8 Å². The van der Waals surface area contributed by atoms with Crippen LogP contribution in [0.25, 0.3) is 0 Å². The number of likely N-dealkylation sites (N-methyl/N-ethyl adjacent to an activating group) is 1. The summed E-state index contributed by atoms with van der Waals surface area (Å²) in [7, 11) is 6.91. The van der Waals surface area contributed by atoms with Crippen molar-refractivity contribution in [3.63, 3.8) is 0 Å². The quantitative estimate of drug-likeness (QED) is 0.560. The lowest BCUT2D eigenvalue weighted by atomic mass is 9.64. The third kappa shape index (κ3) is 3.59. The average molecular weight is 270 g/mol. The smallest absolute Gasteiger partial charge is 0.241 e. The third-order valence-electron chi connectivity index (χ3n) is 3.90. The van der Waals surface area contributed by atoms with E-state index in [2.05, 4.69) is 29.5 Å². The van der Waals surface area contributed by atoms with Crippen molar-refractivity contribution in [2.45, 2.75) is 32.4 Å². The summed E-state index contributed by atoms with van der Waals surface area (Å²) >= 11 is 0. The van der Waals surface area contributed by atoms with E-state index in [1.165, 1.54) is 0 Å². The summed E-state index contributed by atoms with van der Waals surface area (Å²) in [6.07, 6.45) is 1.22. The van der Waals surface area contributed by atoms with E-state index >= 15 is 0 Å². The number of nitrogens with one attached hydrogen (secondary N) is 2. The fraction of sp³-hybridized carbons (Fsp3) is 0.846. The number of ether oxygens (including phenoxy) is 1. The van der Waals surface area contributed by atoms with Gasteiger partial charge < -0.3 is 20.3 Å². The molecule has 0 aromatic rings. The summed E-state index contributed by atoms with van der Waals surface area (Å²) in [5.74, 6) is 0.674. The van der Waals surface area contributed by atoms with E-state index in [1.54, 1.807) is 33.2 Å². The lowest BCUT2D eigenvalue weighted by molar-refractivity contribution is -0.127. The minimum Gasteiger partial charge on any atom is -0.381 e. The second-order valence-electron chi connectivity index (χ2n) is 5.69. The van der Waals surface area contributed by atoms with Crippen LogP contribution >= 0.6 is 0 Å². The van der Waals surface area contributed by atoms with Gasteiger partial charge in [-0.3, -0.25) is 9.79 Å². The largest absolute Gasteiger partial charge is 0.381 e. The van der Waals surface area contributed by atoms with Crippen LogP contribution < -0.4 is 10.6 Å². The normalized spacial score (nSPS) is 25.5. The Morgan fingerprint density at radius 2 is 2.11 bits per heavy atom. The summed E-state index contributed by atoms with van der Waals surface area (Å²) in [5, 5.41) is 6.37. The summed E-state index contributed by atoms with van der Waals surface area (Å²) in [4.78, 5) is 17.2. The van der Waals surface area contributed by atoms with E-state index in [4.69, 9.17) is 4.74 Å². The van der Waals surface area contributed by atoms with E-state index < -0.39 is 0 Å². The van der Waals surface area contributed by atoms with E-state index in [9.17, 15) is 4.79 Å². The molecule has 0 saturated heterocycles. The monoisotopic (exact) mass is 270 g/mol. The van der Waals surface area contributed by atoms with Crippen LogP contribution in [-0.2, 0) is 9.53 Å². The summed E-state index contributed by atoms with van der Waals surface area (Å²) < 4.78 is 5.42. The van der Waals surface area contributed by atoms with E-state index in [1.807, 2.05) is 0 Å². The highest BCUT2D eigenvalue weighted by molar-refractivity contribution is 5.86. The van der Waals surface area contributed by atoms with Gasteiger partial charge in [-0.25, -0.2) is 0 Å². The van der Waals surface area contributed by atoms with Crippen LogP contribution in [0.2, 0.25) is 0 Å². The van der Waals surface area contributed by atoms with Gasteiger partial charge in [-0.15, -0.1) is 0 Å². The zero-order valence-corrected chi connectivity index (χ0v) is 12.8. The molecule has 1 fully saturated rings. The number of methoxy groups -OCH3 is 1. The highest BCUT2D eigenvalue weighted by atomic mass is 16.5. The number of carbonyl (C=O) groups excluding carboxylic acids is 1. The van der Waals surface area contributed by atoms with Crippen molar-refractivity contribution in [3.8, 4) is 0 Å². The zero-order valence-electron chi connectivity index (χ0n) is 12.8. The molecule has 0 aromatic carbocycles. The summed E-state index contributed by atoms with van der Waals surface area (Å²) in [6, 6.07) is 0.304. The first-order chi connectivity index (χ1) is 8.82. The number of hydrogen-bond acceptors (Lipinski definition) is 3. The molecule has 2 N–H and O–H groups in total. The van der Waals surface area contributed by atoms with Gasteiger partial charge >= 0.3 is 0 Å². The molecule has 19 heavy (non-hydrogen) atoms. The standard InChI is InChI=1S/C13H26N4O2/c1-13(2)9(7-10(13)19-6)16-12(14-3)15-8-11(18)17(4)5/h9-10H,7-8H2,1-6H3,(H2,14,15,16). The SMILES string of the molecule is CN=C(NCC(=O)N(C)C)NC1CC(OC)C1(C)C. The topological polar surface area (TPSA) is 66.0 Å². The van der Waals surface area contributed by atoms with Gasteiger partial charge in [-0.2, -0.15) is 0 Å². The molecule has 1 rings (SSSR count). The summed E-state index contributed by atoms with van der Waals surface area (Å²) in [5.41, 5.74) is 0.0674. The maximum atomic E-state index is 11.5. The molecular weight excluding hydrogens is 244 g/mol. The second kappa shape index (κ2) is 6.23. The number of amides is 1. The highest BCUT2D eigenvalue weighted by Gasteiger charge is 2.48. The van der Waals surface area contributed by atoms with Crippen LogP contribution in [0.1, 0.15) is 20.3 Å². The van der Waals surface area contributed by atoms with Crippen LogP contribution in [0.4, 0.5) is 0 Å². The van der Waals surface area contributed by atoms with Crippen molar-refractivity contribution in [3.05, 3.63) is 0 Å². The Bertz CT molecular complexity index is 353. The molecular formula is C13H26N4O2. The maximum Gasteiger partial charge on any atom is 0.241 e. The molecule has 1 aliphatic carbocycles. The minimum atomic E-state index is 0.0191. The fourth-order valence-electron chi connectivity index (χ4n) is 2.21. The van der Waals surface area contributed by atoms with Crippen molar-refractivity contribution in [1.82, 2.24) is 15.5 Å². The van der Waals surface area contributed by atoms with Crippen LogP contribution in [0.3, 0.4) is 0 Å². The molecule has 0 aliphatic heterocycles. The molecule has 0 heterocycles. The van der Waals surface area contributed by atoms with Crippen LogP contribution in [0.15, 0.2) is 4.99 Å². The van der Waals surface area contributed by atoms with Gasteiger partial charge in [0, 0.05) is 39.7 Å². The first-order valence-corrected chi connectivity index (χ1v) is 6.53. The van der Waals surface area contributed by atoms with Gasteiger partial charge in [0.25, 0.3) is 0 Å². The molecule has 2 atom stereocenters. The Labute approximate surface area is 115 Å². The van der Waals surface area contributed by atoms with Gasteiger partial charge in [0.05, 0.1) is 12.6 Å².